The van der Waals surface area contributed by atoms with Gasteiger partial charge in [-0.1, -0.05) is 297 Å². The third kappa shape index (κ3) is 43.0. The molecule has 0 aromatic carbocycles. The highest BCUT2D eigenvalue weighted by Gasteiger charge is 2.51. The Bertz CT molecular complexity index is 1880. The van der Waals surface area contributed by atoms with Crippen molar-refractivity contribution in [3.8, 4) is 0 Å². The van der Waals surface area contributed by atoms with E-state index in [2.05, 4.69) is 104 Å². The first-order valence-corrected chi connectivity index (χ1v) is 36.5. The second-order valence-corrected chi connectivity index (χ2v) is 25.3. The number of hydrogen-bond acceptors (Lipinski definition) is 13. The Labute approximate surface area is 547 Å². The number of carbonyl (C=O) groups is 1. The van der Waals surface area contributed by atoms with Crippen LogP contribution in [0.4, 0.5) is 0 Å². The number of aliphatic hydroxyl groups excluding tert-OH is 8. The summed E-state index contributed by atoms with van der Waals surface area (Å²) < 4.78 is 22.9. The van der Waals surface area contributed by atoms with Crippen molar-refractivity contribution in [2.75, 3.05) is 19.8 Å². The normalized spacial score (nSPS) is 23.5. The largest absolute Gasteiger partial charge is 0.394 e. The van der Waals surface area contributed by atoms with Crippen LogP contribution in [0, 0.1) is 0 Å². The van der Waals surface area contributed by atoms with Gasteiger partial charge in [-0.25, -0.2) is 0 Å². The smallest absolute Gasteiger partial charge is 0.220 e. The zero-order valence-corrected chi connectivity index (χ0v) is 56.6. The lowest BCUT2D eigenvalue weighted by atomic mass is 9.97. The number of rotatable bonds is 59. The Hall–Kier alpha value is -3.09. The lowest BCUT2D eigenvalue weighted by molar-refractivity contribution is -0.359. The van der Waals surface area contributed by atoms with Gasteiger partial charge in [-0.15, -0.1) is 0 Å². The first kappa shape index (κ1) is 83.0. The maximum atomic E-state index is 13.3. The molecule has 520 valence electrons. The molecule has 12 atom stereocenters. The Morgan fingerprint density at radius 2 is 0.767 bits per heavy atom. The second kappa shape index (κ2) is 59.6. The highest BCUT2D eigenvalue weighted by atomic mass is 16.7. The molecule has 9 N–H and O–H groups in total. The lowest BCUT2D eigenvalue weighted by Gasteiger charge is -2.46. The summed E-state index contributed by atoms with van der Waals surface area (Å²) in [5.41, 5.74) is 0. The van der Waals surface area contributed by atoms with E-state index in [-0.39, 0.29) is 18.9 Å². The molecular formula is C76H133NO13. The predicted molar refractivity (Wildman–Crippen MR) is 369 cm³/mol. The van der Waals surface area contributed by atoms with Gasteiger partial charge >= 0.3 is 0 Å². The molecule has 0 bridgehead atoms. The highest BCUT2D eigenvalue weighted by Crippen LogP contribution is 2.30. The lowest BCUT2D eigenvalue weighted by Crippen LogP contribution is -2.65. The molecule has 14 heteroatoms. The molecule has 2 aliphatic rings. The minimum atomic E-state index is -1.79. The van der Waals surface area contributed by atoms with Crippen molar-refractivity contribution in [3.05, 3.63) is 97.2 Å². The van der Waals surface area contributed by atoms with Crippen LogP contribution in [0.1, 0.15) is 284 Å². The summed E-state index contributed by atoms with van der Waals surface area (Å²) in [4.78, 5) is 13.3. The van der Waals surface area contributed by atoms with E-state index in [0.29, 0.717) is 6.42 Å². The summed E-state index contributed by atoms with van der Waals surface area (Å²) in [6.07, 6.45) is 67.5. The fourth-order valence-corrected chi connectivity index (χ4v) is 11.5. The zero-order valence-electron chi connectivity index (χ0n) is 56.6. The summed E-state index contributed by atoms with van der Waals surface area (Å²) >= 11 is 0. The van der Waals surface area contributed by atoms with Gasteiger partial charge in [0.05, 0.1) is 32.0 Å². The predicted octanol–water partition coefficient (Wildman–Crippen LogP) is 15.3. The van der Waals surface area contributed by atoms with E-state index >= 15 is 0 Å². The van der Waals surface area contributed by atoms with Crippen LogP contribution in [0.15, 0.2) is 97.2 Å². The van der Waals surface area contributed by atoms with Crippen LogP contribution in [0.2, 0.25) is 0 Å². The molecule has 0 spiro atoms. The van der Waals surface area contributed by atoms with Gasteiger partial charge in [0, 0.05) is 6.42 Å². The summed E-state index contributed by atoms with van der Waals surface area (Å²) in [5, 5.41) is 87.4. The van der Waals surface area contributed by atoms with E-state index in [1.807, 2.05) is 6.08 Å². The first-order valence-electron chi connectivity index (χ1n) is 36.5. The van der Waals surface area contributed by atoms with Crippen LogP contribution < -0.4 is 5.32 Å². The van der Waals surface area contributed by atoms with Crippen LogP contribution >= 0.6 is 0 Å². The average Bonchev–Trinajstić information content (AvgIpc) is 1.04. The van der Waals surface area contributed by atoms with Crippen molar-refractivity contribution in [3.63, 3.8) is 0 Å². The number of aliphatic hydroxyl groups is 8. The van der Waals surface area contributed by atoms with E-state index in [4.69, 9.17) is 18.9 Å². The molecule has 12 unspecified atom stereocenters. The van der Waals surface area contributed by atoms with Crippen LogP contribution in [-0.2, 0) is 23.7 Å². The van der Waals surface area contributed by atoms with Crippen molar-refractivity contribution < 1.29 is 64.6 Å². The Balaban J connectivity index is 1.60. The molecule has 1 amide bonds. The molecule has 14 nitrogen and oxygen atoms in total. The van der Waals surface area contributed by atoms with E-state index in [9.17, 15) is 45.6 Å². The van der Waals surface area contributed by atoms with Crippen LogP contribution in [-0.4, -0.2) is 140 Å². The van der Waals surface area contributed by atoms with Crippen molar-refractivity contribution in [1.82, 2.24) is 5.32 Å². The molecule has 0 saturated carbocycles. The number of unbranched alkanes of at least 4 members (excludes halogenated alkanes) is 32. The number of hydrogen-bond donors (Lipinski definition) is 9. The molecule has 2 fully saturated rings. The fourth-order valence-electron chi connectivity index (χ4n) is 11.5. The number of nitrogens with one attached hydrogen (secondary N) is 1. The topological polar surface area (TPSA) is 228 Å². The zero-order chi connectivity index (χ0) is 65.2. The molecule has 0 aromatic rings. The van der Waals surface area contributed by atoms with Crippen LogP contribution in [0.25, 0.3) is 0 Å². The van der Waals surface area contributed by atoms with E-state index in [1.54, 1.807) is 6.08 Å². The molecule has 2 saturated heterocycles. The average molecular weight is 1270 g/mol. The second-order valence-electron chi connectivity index (χ2n) is 25.3. The van der Waals surface area contributed by atoms with Gasteiger partial charge in [-0.3, -0.25) is 4.79 Å². The van der Waals surface area contributed by atoms with E-state index < -0.39 is 86.8 Å². The minimum Gasteiger partial charge on any atom is -0.394 e. The van der Waals surface area contributed by atoms with Gasteiger partial charge in [0.1, 0.15) is 48.8 Å². The van der Waals surface area contributed by atoms with Gasteiger partial charge in [0.2, 0.25) is 5.91 Å². The van der Waals surface area contributed by atoms with E-state index in [0.717, 1.165) is 83.5 Å². The standard InChI is InChI=1S/C76H133NO13/c1-3-5-7-9-11-13-15-17-19-21-22-23-24-25-26-27-28-29-30-31-32-33-34-35-36-37-38-39-40-41-42-44-46-48-50-52-54-56-58-60-68(81)77-64(65(80)59-57-55-53-51-49-47-45-43-20-18-16-14-12-10-8-6-4-2)63-87-75-73(86)71(84)74(67(62-79)89-75)90-76-72(85)70(83)69(82)66(61-78)88-76/h5,7,11,13,17,19,22-23,25-26,28-29,31-32,57,59,64-67,69-76,78-80,82-86H,3-4,6,8-10,12,14-16,18,20-21,24,27,30,33-56,58,60-63H2,1-2H3,(H,77,81)/b7-5-,13-11-,19-17-,23-22-,26-25-,29-28-,32-31-,59-57+. The third-order valence-electron chi connectivity index (χ3n) is 17.3. The monoisotopic (exact) mass is 1270 g/mol. The van der Waals surface area contributed by atoms with E-state index in [1.165, 1.54) is 173 Å². The highest BCUT2D eigenvalue weighted by molar-refractivity contribution is 5.76. The molecule has 2 rings (SSSR count). The molecule has 0 radical (unpaired) electrons. The molecule has 0 aromatic heterocycles. The van der Waals surface area contributed by atoms with Gasteiger partial charge < -0.3 is 65.1 Å². The molecule has 90 heavy (non-hydrogen) atoms. The third-order valence-corrected chi connectivity index (χ3v) is 17.3. The minimum absolute atomic E-state index is 0.239. The maximum Gasteiger partial charge on any atom is 0.220 e. The molecule has 2 aliphatic heterocycles. The van der Waals surface area contributed by atoms with Crippen LogP contribution in [0.3, 0.4) is 0 Å². The number of carbonyl (C=O) groups excluding carboxylic acids is 1. The van der Waals surface area contributed by atoms with Gasteiger partial charge in [0.15, 0.2) is 12.6 Å². The van der Waals surface area contributed by atoms with Gasteiger partial charge in [0.25, 0.3) is 0 Å². The number of amides is 1. The molecule has 0 aliphatic carbocycles. The summed E-state index contributed by atoms with van der Waals surface area (Å²) in [7, 11) is 0. The summed E-state index contributed by atoms with van der Waals surface area (Å²) in [6.45, 7) is 2.70. The Morgan fingerprint density at radius 1 is 0.411 bits per heavy atom. The SMILES string of the molecule is CC/C=C\C/C=C\C/C=C\C/C=C\C/C=C\C/C=C\C/C=C\CCCCCCCCCCCCCCCCCCCC(=O)NC(COC1OC(CO)C(OC2OC(CO)C(O)C(O)C2O)C(O)C1O)C(O)/C=C/CCCCCCCCCCCCCCCCC. The maximum absolute atomic E-state index is 13.3. The van der Waals surface area contributed by atoms with Crippen molar-refractivity contribution in [2.45, 2.75) is 357 Å². The number of allylic oxidation sites excluding steroid dienone is 15. The Morgan fingerprint density at radius 3 is 1.18 bits per heavy atom. The quantitative estimate of drug-likeness (QED) is 0.0204. The summed E-state index contributed by atoms with van der Waals surface area (Å²) in [5.74, 6) is -0.239. The Kier molecular flexibility index (Phi) is 55.0. The summed E-state index contributed by atoms with van der Waals surface area (Å²) in [6, 6.07) is -0.918. The first-order chi connectivity index (χ1) is 44.1. The van der Waals surface area contributed by atoms with Crippen LogP contribution in [0.5, 0.6) is 0 Å². The number of ether oxygens (including phenoxy) is 4. The van der Waals surface area contributed by atoms with Crippen molar-refractivity contribution in [1.29, 1.82) is 0 Å². The van der Waals surface area contributed by atoms with Gasteiger partial charge in [-0.05, 0) is 77.0 Å². The van der Waals surface area contributed by atoms with Crippen molar-refractivity contribution >= 4 is 5.91 Å². The molecular weight excluding hydrogens is 1130 g/mol. The van der Waals surface area contributed by atoms with Crippen molar-refractivity contribution in [2.24, 2.45) is 0 Å². The fraction of sp³-hybridized carbons (Fsp3) is 0.776. The molecule has 2 heterocycles. The van der Waals surface area contributed by atoms with Gasteiger partial charge in [-0.2, -0.15) is 0 Å².